The highest BCUT2D eigenvalue weighted by Gasteiger charge is 2.31. The number of thioether (sulfide) groups is 2. The molecular weight excluding hydrogens is 188 g/mol. The Labute approximate surface area is 82.6 Å². The van der Waals surface area contributed by atoms with Gasteiger partial charge in [0.05, 0.1) is 0 Å². The molecule has 2 aliphatic heterocycles. The molecule has 2 aliphatic rings. The van der Waals surface area contributed by atoms with E-state index in [1.165, 1.54) is 29.6 Å². The summed E-state index contributed by atoms with van der Waals surface area (Å²) in [5.41, 5.74) is 5.75. The zero-order valence-electron chi connectivity index (χ0n) is 7.24. The lowest BCUT2D eigenvalue weighted by Gasteiger charge is -2.44. The van der Waals surface area contributed by atoms with Crippen LogP contribution in [-0.2, 0) is 0 Å². The van der Waals surface area contributed by atoms with Gasteiger partial charge in [-0.3, -0.25) is 4.90 Å². The minimum atomic E-state index is 0.662. The Kier molecular flexibility index (Phi) is 3.23. The molecule has 0 amide bonds. The maximum Gasteiger partial charge on any atom is 0.0312 e. The molecule has 0 aromatic heterocycles. The molecule has 4 heteroatoms. The van der Waals surface area contributed by atoms with E-state index in [2.05, 4.69) is 28.4 Å². The first kappa shape index (κ1) is 9.19. The second-order valence-corrected chi connectivity index (χ2v) is 5.62. The molecule has 2 heterocycles. The van der Waals surface area contributed by atoms with Crippen LogP contribution in [-0.4, -0.2) is 53.1 Å². The monoisotopic (exact) mass is 204 g/mol. The summed E-state index contributed by atoms with van der Waals surface area (Å²) in [7, 11) is 0. The highest BCUT2D eigenvalue weighted by Crippen LogP contribution is 2.28. The third-order valence-electron chi connectivity index (χ3n) is 2.63. The second-order valence-electron chi connectivity index (χ2n) is 3.39. The third kappa shape index (κ3) is 1.76. The van der Waals surface area contributed by atoms with Gasteiger partial charge in [0.25, 0.3) is 0 Å². The lowest BCUT2D eigenvalue weighted by Crippen LogP contribution is -2.56. The molecular formula is C8H16N2S2. The van der Waals surface area contributed by atoms with Crippen molar-refractivity contribution in [2.75, 3.05) is 36.1 Å². The number of nitrogens with two attached hydrogens (primary N) is 1. The summed E-state index contributed by atoms with van der Waals surface area (Å²) >= 11 is 4.12. The molecule has 2 N–H and O–H groups in total. The van der Waals surface area contributed by atoms with Crippen LogP contribution >= 0.6 is 23.5 Å². The van der Waals surface area contributed by atoms with Gasteiger partial charge in [0.1, 0.15) is 0 Å². The van der Waals surface area contributed by atoms with Crippen LogP contribution in [0.4, 0.5) is 0 Å². The van der Waals surface area contributed by atoms with Gasteiger partial charge in [-0.05, 0) is 0 Å². The van der Waals surface area contributed by atoms with E-state index >= 15 is 0 Å². The fourth-order valence-electron chi connectivity index (χ4n) is 1.77. The Hall–Kier alpha value is 0.620. The van der Waals surface area contributed by atoms with Gasteiger partial charge < -0.3 is 5.73 Å². The Bertz CT molecular complexity index is 150. The predicted octanol–water partition coefficient (Wildman–Crippen LogP) is 0.478. The van der Waals surface area contributed by atoms with Crippen molar-refractivity contribution in [3.05, 3.63) is 0 Å². The molecule has 1 atom stereocenters. The molecule has 1 unspecified atom stereocenters. The molecule has 2 saturated heterocycles. The van der Waals surface area contributed by atoms with Gasteiger partial charge >= 0.3 is 0 Å². The lowest BCUT2D eigenvalue weighted by molar-refractivity contribution is 0.176. The molecule has 0 bridgehead atoms. The normalized spacial score (nSPS) is 33.2. The van der Waals surface area contributed by atoms with Crippen LogP contribution < -0.4 is 5.73 Å². The Morgan fingerprint density at radius 1 is 1.25 bits per heavy atom. The summed E-state index contributed by atoms with van der Waals surface area (Å²) in [6, 6.07) is 1.51. The van der Waals surface area contributed by atoms with Crippen molar-refractivity contribution in [1.29, 1.82) is 0 Å². The summed E-state index contributed by atoms with van der Waals surface area (Å²) in [5.74, 6) is 5.22. The summed E-state index contributed by atoms with van der Waals surface area (Å²) in [6.07, 6.45) is 0. The minimum Gasteiger partial charge on any atom is -0.329 e. The van der Waals surface area contributed by atoms with Crippen LogP contribution in [0.5, 0.6) is 0 Å². The highest BCUT2D eigenvalue weighted by molar-refractivity contribution is 8.00. The molecule has 2 rings (SSSR count). The van der Waals surface area contributed by atoms with Gasteiger partial charge in [0, 0.05) is 48.2 Å². The van der Waals surface area contributed by atoms with Crippen LogP contribution in [0.3, 0.4) is 0 Å². The van der Waals surface area contributed by atoms with Gasteiger partial charge in [-0.25, -0.2) is 0 Å². The molecule has 0 spiro atoms. The van der Waals surface area contributed by atoms with Crippen molar-refractivity contribution < 1.29 is 0 Å². The third-order valence-corrected chi connectivity index (χ3v) is 4.97. The average Bonchev–Trinajstić information content (AvgIpc) is 2.02. The number of nitrogens with zero attached hydrogens (tertiary/aromatic N) is 1. The quantitative estimate of drug-likeness (QED) is 0.708. The maximum absolute atomic E-state index is 5.75. The smallest absolute Gasteiger partial charge is 0.0312 e. The summed E-state index contributed by atoms with van der Waals surface area (Å²) in [6.45, 7) is 2.10. The Morgan fingerprint density at radius 2 is 2.08 bits per heavy atom. The molecule has 12 heavy (non-hydrogen) atoms. The number of hydrogen-bond acceptors (Lipinski definition) is 4. The number of rotatable bonds is 2. The summed E-state index contributed by atoms with van der Waals surface area (Å²) in [4.78, 5) is 2.63. The van der Waals surface area contributed by atoms with Gasteiger partial charge in [-0.2, -0.15) is 23.5 Å². The van der Waals surface area contributed by atoms with Crippen LogP contribution in [0.2, 0.25) is 0 Å². The minimum absolute atomic E-state index is 0.662. The van der Waals surface area contributed by atoms with E-state index in [0.717, 1.165) is 12.6 Å². The molecule has 0 saturated carbocycles. The van der Waals surface area contributed by atoms with E-state index in [4.69, 9.17) is 5.73 Å². The predicted molar refractivity (Wildman–Crippen MR) is 58.0 cm³/mol. The van der Waals surface area contributed by atoms with E-state index in [-0.39, 0.29) is 0 Å². The van der Waals surface area contributed by atoms with Crippen molar-refractivity contribution in [2.24, 2.45) is 5.73 Å². The van der Waals surface area contributed by atoms with Crippen molar-refractivity contribution in [2.45, 2.75) is 12.1 Å². The highest BCUT2D eigenvalue weighted by atomic mass is 32.2. The standard InChI is InChI=1S/C8H16N2S2/c9-3-7-4-11-2-1-10(7)8-5-12-6-8/h7-8H,1-6,9H2. The van der Waals surface area contributed by atoms with E-state index < -0.39 is 0 Å². The Balaban J connectivity index is 1.90. The van der Waals surface area contributed by atoms with Crippen molar-refractivity contribution >= 4 is 23.5 Å². The van der Waals surface area contributed by atoms with Gasteiger partial charge in [0.2, 0.25) is 0 Å². The van der Waals surface area contributed by atoms with Crippen LogP contribution in [0.15, 0.2) is 0 Å². The molecule has 2 fully saturated rings. The second kappa shape index (κ2) is 4.22. The Morgan fingerprint density at radius 3 is 2.67 bits per heavy atom. The molecule has 0 aliphatic carbocycles. The summed E-state index contributed by atoms with van der Waals surface area (Å²) < 4.78 is 0. The van der Waals surface area contributed by atoms with Crippen molar-refractivity contribution in [3.8, 4) is 0 Å². The first-order valence-corrected chi connectivity index (χ1v) is 6.84. The SMILES string of the molecule is NCC1CSCCN1C1CSC1. The van der Waals surface area contributed by atoms with Gasteiger partial charge in [0.15, 0.2) is 0 Å². The number of hydrogen-bond donors (Lipinski definition) is 1. The first-order valence-electron chi connectivity index (χ1n) is 4.53. The fourth-order valence-corrected chi connectivity index (χ4v) is 3.70. The molecule has 2 nitrogen and oxygen atoms in total. The maximum atomic E-state index is 5.75. The van der Waals surface area contributed by atoms with E-state index in [1.54, 1.807) is 0 Å². The van der Waals surface area contributed by atoms with Crippen LogP contribution in [0.25, 0.3) is 0 Å². The summed E-state index contributed by atoms with van der Waals surface area (Å²) in [5, 5.41) is 0. The first-order chi connectivity index (χ1) is 5.92. The van der Waals surface area contributed by atoms with Crippen molar-refractivity contribution in [1.82, 2.24) is 4.90 Å². The van der Waals surface area contributed by atoms with E-state index in [0.29, 0.717) is 6.04 Å². The lowest BCUT2D eigenvalue weighted by atomic mass is 10.2. The molecule has 70 valence electrons. The van der Waals surface area contributed by atoms with Gasteiger partial charge in [-0.1, -0.05) is 0 Å². The zero-order valence-corrected chi connectivity index (χ0v) is 8.87. The largest absolute Gasteiger partial charge is 0.329 e. The van der Waals surface area contributed by atoms with Crippen molar-refractivity contribution in [3.63, 3.8) is 0 Å². The van der Waals surface area contributed by atoms with Gasteiger partial charge in [-0.15, -0.1) is 0 Å². The average molecular weight is 204 g/mol. The zero-order chi connectivity index (χ0) is 8.39. The molecule has 0 aromatic rings. The van der Waals surface area contributed by atoms with E-state index in [9.17, 15) is 0 Å². The fraction of sp³-hybridized carbons (Fsp3) is 1.00. The van der Waals surface area contributed by atoms with Crippen LogP contribution in [0, 0.1) is 0 Å². The van der Waals surface area contributed by atoms with E-state index in [1.807, 2.05) is 0 Å². The topological polar surface area (TPSA) is 29.3 Å². The molecule has 0 aromatic carbocycles. The molecule has 0 radical (unpaired) electrons. The van der Waals surface area contributed by atoms with Crippen LogP contribution in [0.1, 0.15) is 0 Å².